The van der Waals surface area contributed by atoms with Gasteiger partial charge in [-0.2, -0.15) is 4.98 Å². The number of aromatic nitrogens is 3. The van der Waals surface area contributed by atoms with Crippen LogP contribution in [0.3, 0.4) is 0 Å². The monoisotopic (exact) mass is 386 g/mol. The number of nitrogens with zero attached hydrogens (tertiary/aromatic N) is 2. The molecule has 2 aromatic heterocycles. The second kappa shape index (κ2) is 6.77. The maximum atomic E-state index is 13.0. The first kappa shape index (κ1) is 17.5. The fourth-order valence-electron chi connectivity index (χ4n) is 4.32. The number of rotatable bonds is 3. The molecule has 0 aliphatic heterocycles. The van der Waals surface area contributed by atoms with Crippen molar-refractivity contribution in [3.8, 4) is 0 Å². The van der Waals surface area contributed by atoms with Gasteiger partial charge in [-0.05, 0) is 48.6 Å². The number of nitrogen functional groups attached to an aromatic ring is 2. The van der Waals surface area contributed by atoms with Crippen LogP contribution in [0.15, 0.2) is 42.5 Å². The highest BCUT2D eigenvalue weighted by atomic mass is 16.1. The molecule has 0 radical (unpaired) electrons. The van der Waals surface area contributed by atoms with Crippen molar-refractivity contribution < 1.29 is 4.79 Å². The van der Waals surface area contributed by atoms with Crippen LogP contribution in [0.1, 0.15) is 35.6 Å². The zero-order chi connectivity index (χ0) is 20.0. The fraction of sp³-hybridized carbons (Fsp3) is 0.227. The second-order valence-corrected chi connectivity index (χ2v) is 7.54. The summed E-state index contributed by atoms with van der Waals surface area (Å²) < 4.78 is 0. The van der Waals surface area contributed by atoms with Gasteiger partial charge in [0.15, 0.2) is 0 Å². The van der Waals surface area contributed by atoms with Crippen molar-refractivity contribution in [2.45, 2.75) is 31.7 Å². The number of aromatic amines is 1. The average Bonchev–Trinajstić information content (AvgIpc) is 3.10. The van der Waals surface area contributed by atoms with Crippen LogP contribution >= 0.6 is 0 Å². The third-order valence-corrected chi connectivity index (χ3v) is 5.71. The van der Waals surface area contributed by atoms with Crippen molar-refractivity contribution >= 4 is 39.5 Å². The summed E-state index contributed by atoms with van der Waals surface area (Å²) in [5.74, 6) is 0.390. The van der Waals surface area contributed by atoms with E-state index in [1.54, 1.807) is 0 Å². The maximum Gasteiger partial charge on any atom is 0.229 e. The van der Waals surface area contributed by atoms with Crippen LogP contribution in [0, 0.1) is 0 Å². The maximum absolute atomic E-state index is 13.0. The molecule has 7 nitrogen and oxygen atoms in total. The lowest BCUT2D eigenvalue weighted by molar-refractivity contribution is -0.123. The van der Waals surface area contributed by atoms with Crippen LogP contribution in [0.25, 0.3) is 21.8 Å². The van der Waals surface area contributed by atoms with E-state index in [1.165, 1.54) is 10.9 Å². The van der Waals surface area contributed by atoms with Gasteiger partial charge in [-0.1, -0.05) is 24.3 Å². The van der Waals surface area contributed by atoms with Crippen molar-refractivity contribution in [1.29, 1.82) is 0 Å². The molecule has 146 valence electrons. The number of carbonyl (C=O) groups is 1. The molecule has 1 unspecified atom stereocenters. The van der Waals surface area contributed by atoms with Gasteiger partial charge in [0.25, 0.3) is 0 Å². The van der Waals surface area contributed by atoms with Crippen molar-refractivity contribution in [2.75, 3.05) is 11.5 Å². The highest BCUT2D eigenvalue weighted by molar-refractivity contribution is 5.91. The van der Waals surface area contributed by atoms with Gasteiger partial charge in [0.2, 0.25) is 11.9 Å². The van der Waals surface area contributed by atoms with Gasteiger partial charge in [0.05, 0.1) is 11.4 Å². The number of H-pyrrole nitrogens is 1. The minimum Gasteiger partial charge on any atom is -0.383 e. The Balaban J connectivity index is 1.37. The third-order valence-electron chi connectivity index (χ3n) is 5.71. The Morgan fingerprint density at radius 3 is 2.90 bits per heavy atom. The van der Waals surface area contributed by atoms with E-state index in [4.69, 9.17) is 11.5 Å². The number of para-hydroxylation sites is 1. The quantitative estimate of drug-likeness (QED) is 0.431. The predicted molar refractivity (Wildman–Crippen MR) is 114 cm³/mol. The molecule has 0 bridgehead atoms. The lowest BCUT2D eigenvalue weighted by Crippen LogP contribution is -2.31. The molecule has 29 heavy (non-hydrogen) atoms. The van der Waals surface area contributed by atoms with E-state index in [-0.39, 0.29) is 17.8 Å². The van der Waals surface area contributed by atoms with Gasteiger partial charge in [-0.3, -0.25) is 4.79 Å². The van der Waals surface area contributed by atoms with Crippen LogP contribution < -0.4 is 16.8 Å². The van der Waals surface area contributed by atoms with Gasteiger partial charge >= 0.3 is 0 Å². The van der Waals surface area contributed by atoms with Gasteiger partial charge in [0, 0.05) is 28.5 Å². The van der Waals surface area contributed by atoms with Gasteiger partial charge < -0.3 is 21.8 Å². The van der Waals surface area contributed by atoms with Crippen LogP contribution in [0.2, 0.25) is 0 Å². The van der Waals surface area contributed by atoms with E-state index in [0.29, 0.717) is 17.9 Å². The smallest absolute Gasteiger partial charge is 0.229 e. The molecule has 1 aliphatic rings. The average molecular weight is 386 g/mol. The van der Waals surface area contributed by atoms with E-state index >= 15 is 0 Å². The first-order valence-corrected chi connectivity index (χ1v) is 9.79. The predicted octanol–water partition coefficient (Wildman–Crippen LogP) is 3.01. The molecule has 7 heteroatoms. The van der Waals surface area contributed by atoms with Crippen LogP contribution in [0.5, 0.6) is 0 Å². The van der Waals surface area contributed by atoms with Gasteiger partial charge in [0.1, 0.15) is 5.82 Å². The van der Waals surface area contributed by atoms with Crippen LogP contribution in [-0.2, 0) is 17.8 Å². The van der Waals surface area contributed by atoms with E-state index in [2.05, 4.69) is 32.4 Å². The summed E-state index contributed by atoms with van der Waals surface area (Å²) in [5, 5.41) is 5.06. The van der Waals surface area contributed by atoms with Crippen LogP contribution in [-0.4, -0.2) is 20.9 Å². The largest absolute Gasteiger partial charge is 0.383 e. The number of hydrogen-bond acceptors (Lipinski definition) is 5. The zero-order valence-corrected chi connectivity index (χ0v) is 15.9. The molecule has 1 atom stereocenters. The Labute approximate surface area is 167 Å². The van der Waals surface area contributed by atoms with Crippen molar-refractivity contribution in [3.05, 3.63) is 59.3 Å². The van der Waals surface area contributed by atoms with Gasteiger partial charge in [-0.15, -0.1) is 0 Å². The Kier molecular flexibility index (Phi) is 4.08. The molecule has 0 fully saturated rings. The molecule has 1 amide bonds. The minimum atomic E-state index is -0.153. The molecule has 5 rings (SSSR count). The Bertz CT molecular complexity index is 1250. The highest BCUT2D eigenvalue weighted by Crippen LogP contribution is 2.36. The Morgan fingerprint density at radius 1 is 1.14 bits per heavy atom. The number of anilines is 2. The SMILES string of the molecule is Nc1nc(N)c2ccc(CNC(=O)C3CCCc4c3[nH]c3ccccc43)cc2n1. The topological polar surface area (TPSA) is 123 Å². The summed E-state index contributed by atoms with van der Waals surface area (Å²) in [6, 6.07) is 13.9. The number of hydrogen-bond donors (Lipinski definition) is 4. The van der Waals surface area contributed by atoms with Crippen LogP contribution in [0.4, 0.5) is 11.8 Å². The molecule has 1 aliphatic carbocycles. The van der Waals surface area contributed by atoms with E-state index in [1.807, 2.05) is 30.3 Å². The molecule has 0 spiro atoms. The van der Waals surface area contributed by atoms with Gasteiger partial charge in [-0.25, -0.2) is 4.98 Å². The number of nitrogens with two attached hydrogens (primary N) is 2. The standard InChI is InChI=1S/C22H22N6O/c23-20-15-9-8-12(10-18(15)27-22(24)28-20)11-25-21(29)16-6-3-5-14-13-4-1-2-7-17(13)26-19(14)16/h1-2,4,7-10,16,26H,3,5-6,11H2,(H,25,29)(H4,23,24,27,28). The Hall–Kier alpha value is -3.61. The van der Waals surface area contributed by atoms with E-state index in [9.17, 15) is 4.79 Å². The van der Waals surface area contributed by atoms with Crippen molar-refractivity contribution in [1.82, 2.24) is 20.3 Å². The molecule has 2 aromatic carbocycles. The number of amides is 1. The number of aryl methyl sites for hydroxylation is 1. The fourth-order valence-corrected chi connectivity index (χ4v) is 4.32. The number of benzene rings is 2. The molecular formula is C22H22N6O. The second-order valence-electron chi connectivity index (χ2n) is 7.54. The molecule has 2 heterocycles. The van der Waals surface area contributed by atoms with Crippen molar-refractivity contribution in [3.63, 3.8) is 0 Å². The highest BCUT2D eigenvalue weighted by Gasteiger charge is 2.29. The van der Waals surface area contributed by atoms with E-state index < -0.39 is 0 Å². The normalized spacial score (nSPS) is 16.1. The molecule has 4 aromatic rings. The van der Waals surface area contributed by atoms with Crippen molar-refractivity contribution in [2.24, 2.45) is 0 Å². The summed E-state index contributed by atoms with van der Waals surface area (Å²) in [5.41, 5.74) is 16.6. The summed E-state index contributed by atoms with van der Waals surface area (Å²) in [6.07, 6.45) is 2.87. The summed E-state index contributed by atoms with van der Waals surface area (Å²) in [4.78, 5) is 24.7. The molecule has 0 saturated carbocycles. The lowest BCUT2D eigenvalue weighted by Gasteiger charge is -2.22. The molecule has 0 saturated heterocycles. The summed E-state index contributed by atoms with van der Waals surface area (Å²) in [6.45, 7) is 0.421. The number of carbonyl (C=O) groups excluding carboxylic acids is 1. The number of fused-ring (bicyclic) bond motifs is 4. The number of nitrogens with one attached hydrogen (secondary N) is 2. The summed E-state index contributed by atoms with van der Waals surface area (Å²) >= 11 is 0. The van der Waals surface area contributed by atoms with E-state index in [0.717, 1.165) is 41.4 Å². The minimum absolute atomic E-state index is 0.0410. The first-order chi connectivity index (χ1) is 14.1. The first-order valence-electron chi connectivity index (χ1n) is 9.79. The lowest BCUT2D eigenvalue weighted by atomic mass is 9.86. The molecule has 6 N–H and O–H groups in total. The Morgan fingerprint density at radius 2 is 2.00 bits per heavy atom. The molecular weight excluding hydrogens is 364 g/mol. The zero-order valence-electron chi connectivity index (χ0n) is 15.9. The summed E-state index contributed by atoms with van der Waals surface area (Å²) in [7, 11) is 0. The third kappa shape index (κ3) is 3.04.